The zero-order chi connectivity index (χ0) is 23.1. The average molecular weight is 554 g/mol. The molecule has 0 heterocycles. The van der Waals surface area contributed by atoms with Crippen molar-refractivity contribution < 1.29 is 9.53 Å². The number of hydrogen-bond acceptors (Lipinski definition) is 4. The summed E-state index contributed by atoms with van der Waals surface area (Å²) >= 11 is 8.13. The fourth-order valence-corrected chi connectivity index (χ4v) is 3.74. The van der Waals surface area contributed by atoms with Crippen molar-refractivity contribution in [3.8, 4) is 17.9 Å². The zero-order valence-corrected chi connectivity index (χ0v) is 19.9. The van der Waals surface area contributed by atoms with Gasteiger partial charge in [-0.3, -0.25) is 4.79 Å². The van der Waals surface area contributed by atoms with Gasteiger partial charge in [0, 0.05) is 16.3 Å². The minimum absolute atomic E-state index is 0.0307. The monoisotopic (exact) mass is 553 g/mol. The summed E-state index contributed by atoms with van der Waals surface area (Å²) < 4.78 is 6.68. The maximum atomic E-state index is 12.6. The number of anilines is 1. The van der Waals surface area contributed by atoms with Gasteiger partial charge in [-0.05, 0) is 77.0 Å². The van der Waals surface area contributed by atoms with Crippen molar-refractivity contribution in [1.29, 1.82) is 10.5 Å². The molecule has 0 aliphatic rings. The summed E-state index contributed by atoms with van der Waals surface area (Å²) in [5.74, 6) is 0.134. The number of benzene rings is 3. The molecule has 0 aliphatic heterocycles. The quantitative estimate of drug-likeness (QED) is 0.222. The van der Waals surface area contributed by atoms with Gasteiger partial charge in [-0.1, -0.05) is 41.9 Å². The van der Waals surface area contributed by atoms with Crippen molar-refractivity contribution in [2.45, 2.75) is 13.5 Å². The van der Waals surface area contributed by atoms with Gasteiger partial charge >= 0.3 is 0 Å². The molecule has 3 aromatic carbocycles. The number of hydrogen-bond donors (Lipinski definition) is 1. The molecule has 0 bridgehead atoms. The number of amides is 1. The van der Waals surface area contributed by atoms with Crippen molar-refractivity contribution in [2.24, 2.45) is 0 Å². The Morgan fingerprint density at radius 1 is 1.16 bits per heavy atom. The predicted molar refractivity (Wildman–Crippen MR) is 133 cm³/mol. The summed E-state index contributed by atoms with van der Waals surface area (Å²) in [4.78, 5) is 12.6. The maximum Gasteiger partial charge on any atom is 0.266 e. The Morgan fingerprint density at radius 2 is 1.94 bits per heavy atom. The molecular weight excluding hydrogens is 537 g/mol. The van der Waals surface area contributed by atoms with Crippen molar-refractivity contribution in [2.75, 3.05) is 5.32 Å². The molecule has 0 atom stereocenters. The lowest BCUT2D eigenvalue weighted by molar-refractivity contribution is -0.112. The van der Waals surface area contributed by atoms with Crippen LogP contribution in [0, 0.1) is 33.2 Å². The number of rotatable bonds is 6. The fraction of sp³-hybridized carbons (Fsp3) is 0.0800. The zero-order valence-electron chi connectivity index (χ0n) is 17.0. The van der Waals surface area contributed by atoms with E-state index in [9.17, 15) is 15.3 Å². The van der Waals surface area contributed by atoms with Gasteiger partial charge in [0.15, 0.2) is 0 Å². The Balaban J connectivity index is 1.75. The number of aryl methyl sites for hydroxylation is 1. The van der Waals surface area contributed by atoms with Crippen LogP contribution in [0.3, 0.4) is 0 Å². The highest BCUT2D eigenvalue weighted by Gasteiger charge is 2.12. The standard InChI is InChI=1S/C25H17ClIN3O2/c1-16-6-8-21(26)12-23(16)30-25(31)20(14-29)10-17-7-9-24(22(27)11-17)32-15-19-5-3-2-4-18(19)13-28/h2-12H,15H2,1H3,(H,30,31)/b20-10+. The maximum absolute atomic E-state index is 12.6. The third kappa shape index (κ3) is 5.88. The van der Waals surface area contributed by atoms with E-state index in [1.54, 1.807) is 36.4 Å². The normalized spacial score (nSPS) is 10.7. The van der Waals surface area contributed by atoms with Gasteiger partial charge in [0.25, 0.3) is 5.91 Å². The summed E-state index contributed by atoms with van der Waals surface area (Å²) in [6.45, 7) is 2.11. The number of halogens is 2. The van der Waals surface area contributed by atoms with Crippen molar-refractivity contribution in [1.82, 2.24) is 0 Å². The summed E-state index contributed by atoms with van der Waals surface area (Å²) in [6, 6.07) is 21.9. The SMILES string of the molecule is Cc1ccc(Cl)cc1NC(=O)/C(C#N)=C/c1ccc(OCc2ccccc2C#N)c(I)c1. The second-order valence-electron chi connectivity index (χ2n) is 6.83. The smallest absolute Gasteiger partial charge is 0.266 e. The molecular formula is C25H17ClIN3O2. The van der Waals surface area contributed by atoms with Crippen LogP contribution in [-0.4, -0.2) is 5.91 Å². The van der Waals surface area contributed by atoms with E-state index in [-0.39, 0.29) is 12.2 Å². The summed E-state index contributed by atoms with van der Waals surface area (Å²) in [5, 5.41) is 21.9. The van der Waals surface area contributed by atoms with Crippen LogP contribution >= 0.6 is 34.2 Å². The summed E-state index contributed by atoms with van der Waals surface area (Å²) in [5.41, 5.74) is 3.43. The molecule has 0 saturated heterocycles. The van der Waals surface area contributed by atoms with E-state index in [1.807, 2.05) is 37.3 Å². The molecule has 0 saturated carbocycles. The lowest BCUT2D eigenvalue weighted by atomic mass is 10.1. The molecule has 0 aliphatic carbocycles. The predicted octanol–water partition coefficient (Wildman–Crippen LogP) is 6.25. The van der Waals surface area contributed by atoms with Crippen LogP contribution in [0.5, 0.6) is 5.75 Å². The number of nitriles is 2. The number of ether oxygens (including phenoxy) is 1. The number of carbonyl (C=O) groups is 1. The van der Waals surface area contributed by atoms with Gasteiger partial charge in [-0.15, -0.1) is 0 Å². The molecule has 7 heteroatoms. The number of carbonyl (C=O) groups excluding carboxylic acids is 1. The molecule has 1 N–H and O–H groups in total. The second-order valence-corrected chi connectivity index (χ2v) is 8.43. The van der Waals surface area contributed by atoms with E-state index in [4.69, 9.17) is 16.3 Å². The minimum atomic E-state index is -0.513. The van der Waals surface area contributed by atoms with Gasteiger partial charge < -0.3 is 10.1 Å². The topological polar surface area (TPSA) is 85.9 Å². The molecule has 158 valence electrons. The lowest BCUT2D eigenvalue weighted by Crippen LogP contribution is -2.14. The van der Waals surface area contributed by atoms with E-state index in [1.165, 1.54) is 6.08 Å². The van der Waals surface area contributed by atoms with Crippen LogP contribution in [0.15, 0.2) is 66.2 Å². The van der Waals surface area contributed by atoms with Crippen LogP contribution in [0.25, 0.3) is 6.08 Å². The average Bonchev–Trinajstić information content (AvgIpc) is 2.79. The Hall–Kier alpha value is -3.33. The first-order valence-corrected chi connectivity index (χ1v) is 11.0. The van der Waals surface area contributed by atoms with E-state index in [0.29, 0.717) is 27.6 Å². The molecule has 0 unspecified atom stereocenters. The van der Waals surface area contributed by atoms with E-state index in [2.05, 4.69) is 34.0 Å². The molecule has 32 heavy (non-hydrogen) atoms. The Morgan fingerprint density at radius 3 is 2.66 bits per heavy atom. The molecule has 3 aromatic rings. The second kappa shape index (κ2) is 10.8. The van der Waals surface area contributed by atoms with Gasteiger partial charge in [0.2, 0.25) is 0 Å². The minimum Gasteiger partial charge on any atom is -0.488 e. The Bertz CT molecular complexity index is 1290. The molecule has 0 radical (unpaired) electrons. The highest BCUT2D eigenvalue weighted by molar-refractivity contribution is 14.1. The van der Waals surface area contributed by atoms with E-state index >= 15 is 0 Å². The first kappa shape index (κ1) is 23.3. The van der Waals surface area contributed by atoms with Gasteiger partial charge in [0.1, 0.15) is 24.0 Å². The first-order valence-electron chi connectivity index (χ1n) is 9.51. The highest BCUT2D eigenvalue weighted by atomic mass is 127. The number of nitrogens with zero attached hydrogens (tertiary/aromatic N) is 2. The van der Waals surface area contributed by atoms with Gasteiger partial charge in [-0.2, -0.15) is 10.5 Å². The Labute approximate surface area is 205 Å². The fourth-order valence-electron chi connectivity index (χ4n) is 2.87. The van der Waals surface area contributed by atoms with Crippen molar-refractivity contribution >= 4 is 51.9 Å². The van der Waals surface area contributed by atoms with Gasteiger partial charge in [-0.25, -0.2) is 0 Å². The van der Waals surface area contributed by atoms with E-state index < -0.39 is 5.91 Å². The van der Waals surface area contributed by atoms with Crippen molar-refractivity contribution in [3.63, 3.8) is 0 Å². The van der Waals surface area contributed by atoms with E-state index in [0.717, 1.165) is 14.7 Å². The molecule has 3 rings (SSSR count). The summed E-state index contributed by atoms with van der Waals surface area (Å²) in [6.07, 6.45) is 1.52. The highest BCUT2D eigenvalue weighted by Crippen LogP contribution is 2.25. The van der Waals surface area contributed by atoms with Crippen LogP contribution in [0.2, 0.25) is 5.02 Å². The summed E-state index contributed by atoms with van der Waals surface area (Å²) in [7, 11) is 0. The van der Waals surface area contributed by atoms with Crippen LogP contribution in [0.1, 0.15) is 22.3 Å². The third-order valence-corrected chi connectivity index (χ3v) is 5.68. The molecule has 0 fully saturated rings. The van der Waals surface area contributed by atoms with Crippen LogP contribution in [0.4, 0.5) is 5.69 Å². The van der Waals surface area contributed by atoms with Gasteiger partial charge in [0.05, 0.1) is 15.2 Å². The molecule has 5 nitrogen and oxygen atoms in total. The first-order chi connectivity index (χ1) is 15.4. The third-order valence-electron chi connectivity index (χ3n) is 4.60. The van der Waals surface area contributed by atoms with Crippen molar-refractivity contribution in [3.05, 3.63) is 97.1 Å². The van der Waals surface area contributed by atoms with Crippen LogP contribution < -0.4 is 10.1 Å². The largest absolute Gasteiger partial charge is 0.488 e. The molecule has 1 amide bonds. The number of nitrogens with one attached hydrogen (secondary N) is 1. The van der Waals surface area contributed by atoms with Crippen LogP contribution in [-0.2, 0) is 11.4 Å². The molecule has 0 spiro atoms. The lowest BCUT2D eigenvalue weighted by Gasteiger charge is -2.10. The Kier molecular flexibility index (Phi) is 7.88. The molecule has 0 aromatic heterocycles.